The molecule has 0 radical (unpaired) electrons. The molecule has 0 saturated carbocycles. The predicted molar refractivity (Wildman–Crippen MR) is 63.8 cm³/mol. The van der Waals surface area contributed by atoms with Crippen molar-refractivity contribution < 1.29 is 14.3 Å². The van der Waals surface area contributed by atoms with Crippen LogP contribution in [0.15, 0.2) is 18.5 Å². The molecule has 1 atom stereocenters. The number of hydrogen-bond acceptors (Lipinski definition) is 5. The molecule has 1 unspecified atom stereocenters. The largest absolute Gasteiger partial charge is 0.495 e. The Labute approximate surface area is 101 Å². The Balaban J connectivity index is 3.06. The molecule has 0 amide bonds. The molecule has 1 aromatic rings. The summed E-state index contributed by atoms with van der Waals surface area (Å²) in [4.78, 5) is 15.5. The van der Waals surface area contributed by atoms with Crippen LogP contribution in [-0.2, 0) is 14.9 Å². The van der Waals surface area contributed by atoms with E-state index in [0.29, 0.717) is 5.75 Å². The van der Waals surface area contributed by atoms with Crippen LogP contribution < -0.4 is 10.5 Å². The van der Waals surface area contributed by atoms with Gasteiger partial charge < -0.3 is 15.2 Å². The number of esters is 1. The Morgan fingerprint density at radius 1 is 1.41 bits per heavy atom. The molecule has 2 N–H and O–H groups in total. The van der Waals surface area contributed by atoms with Gasteiger partial charge in [-0.3, -0.25) is 9.78 Å². The molecule has 0 spiro atoms. The van der Waals surface area contributed by atoms with Gasteiger partial charge >= 0.3 is 5.97 Å². The van der Waals surface area contributed by atoms with E-state index in [1.165, 1.54) is 7.11 Å². The fourth-order valence-corrected chi connectivity index (χ4v) is 1.48. The minimum Gasteiger partial charge on any atom is -0.495 e. The Bertz CT molecular complexity index is 404. The summed E-state index contributed by atoms with van der Waals surface area (Å²) in [6.45, 7) is 3.73. The number of pyridine rings is 1. The number of hydrogen-bond donors (Lipinski definition) is 1. The fourth-order valence-electron chi connectivity index (χ4n) is 1.48. The summed E-state index contributed by atoms with van der Waals surface area (Å²) in [6.07, 6.45) is 3.27. The summed E-state index contributed by atoms with van der Waals surface area (Å²) in [5.41, 5.74) is 6.14. The van der Waals surface area contributed by atoms with Crippen LogP contribution in [0.4, 0.5) is 0 Å². The first-order chi connectivity index (χ1) is 7.93. The van der Waals surface area contributed by atoms with E-state index in [1.807, 2.05) is 19.9 Å². The monoisotopic (exact) mass is 238 g/mol. The van der Waals surface area contributed by atoms with Crippen LogP contribution in [0.1, 0.15) is 19.4 Å². The lowest BCUT2D eigenvalue weighted by molar-refractivity contribution is -0.143. The third-order valence-corrected chi connectivity index (χ3v) is 2.93. The Morgan fingerprint density at radius 2 is 2.06 bits per heavy atom. The molecule has 0 bridgehead atoms. The summed E-state index contributed by atoms with van der Waals surface area (Å²) in [6, 6.07) is 1.07. The molecule has 0 saturated heterocycles. The minimum atomic E-state index is -0.749. The lowest BCUT2D eigenvalue weighted by Crippen LogP contribution is -2.47. The van der Waals surface area contributed by atoms with Crippen LogP contribution >= 0.6 is 0 Å². The van der Waals surface area contributed by atoms with Gasteiger partial charge in [0, 0.05) is 11.6 Å². The van der Waals surface area contributed by atoms with Crippen LogP contribution in [0.3, 0.4) is 0 Å². The molecule has 1 heterocycles. The van der Waals surface area contributed by atoms with Crippen LogP contribution in [-0.4, -0.2) is 31.2 Å². The highest BCUT2D eigenvalue weighted by Crippen LogP contribution is 2.28. The van der Waals surface area contributed by atoms with Gasteiger partial charge in [0.05, 0.1) is 20.4 Å². The van der Waals surface area contributed by atoms with E-state index in [1.54, 1.807) is 19.5 Å². The van der Waals surface area contributed by atoms with E-state index in [2.05, 4.69) is 9.72 Å². The number of rotatable bonds is 4. The molecular formula is C12H18N2O3. The average molecular weight is 238 g/mol. The SMILES string of the molecule is COC(=O)C(N)C(C)(C)c1cncc(OC)c1. The molecule has 0 fully saturated rings. The van der Waals surface area contributed by atoms with Crippen LogP contribution in [0.2, 0.25) is 0 Å². The number of methoxy groups -OCH3 is 2. The zero-order chi connectivity index (χ0) is 13.1. The van der Waals surface area contributed by atoms with Crippen molar-refractivity contribution in [1.82, 2.24) is 4.98 Å². The van der Waals surface area contributed by atoms with Gasteiger partial charge in [0.2, 0.25) is 0 Å². The molecule has 94 valence electrons. The highest BCUT2D eigenvalue weighted by molar-refractivity contribution is 5.77. The first kappa shape index (κ1) is 13.4. The smallest absolute Gasteiger partial charge is 0.323 e. The van der Waals surface area contributed by atoms with Gasteiger partial charge in [-0.1, -0.05) is 13.8 Å². The summed E-state index contributed by atoms with van der Waals surface area (Å²) in [5.74, 6) is 0.186. The van der Waals surface area contributed by atoms with Gasteiger partial charge in [-0.05, 0) is 11.6 Å². The molecule has 0 aliphatic heterocycles. The maximum Gasteiger partial charge on any atom is 0.323 e. The number of nitrogens with two attached hydrogens (primary N) is 1. The molecule has 0 aliphatic carbocycles. The van der Waals surface area contributed by atoms with Crippen molar-refractivity contribution in [1.29, 1.82) is 0 Å². The third kappa shape index (κ3) is 2.74. The van der Waals surface area contributed by atoms with E-state index in [-0.39, 0.29) is 0 Å². The normalized spacial score (nSPS) is 13.0. The van der Waals surface area contributed by atoms with Crippen molar-refractivity contribution in [3.05, 3.63) is 24.0 Å². The van der Waals surface area contributed by atoms with E-state index in [9.17, 15) is 4.79 Å². The fraction of sp³-hybridized carbons (Fsp3) is 0.500. The van der Waals surface area contributed by atoms with Gasteiger partial charge in [-0.2, -0.15) is 0 Å². The molecule has 1 aromatic heterocycles. The predicted octanol–water partition coefficient (Wildman–Crippen LogP) is 0.868. The van der Waals surface area contributed by atoms with Gasteiger partial charge in [0.25, 0.3) is 0 Å². The summed E-state index contributed by atoms with van der Waals surface area (Å²) in [5, 5.41) is 0. The van der Waals surface area contributed by atoms with Gasteiger partial charge in [-0.25, -0.2) is 0 Å². The van der Waals surface area contributed by atoms with Crippen molar-refractivity contribution >= 4 is 5.97 Å². The molecule has 5 nitrogen and oxygen atoms in total. The van der Waals surface area contributed by atoms with Crippen molar-refractivity contribution in [3.63, 3.8) is 0 Å². The second kappa shape index (κ2) is 5.14. The van der Waals surface area contributed by atoms with Gasteiger partial charge in [0.1, 0.15) is 11.8 Å². The minimum absolute atomic E-state index is 0.446. The standard InChI is InChI=1S/C12H18N2O3/c1-12(2,10(13)11(15)17-4)8-5-9(16-3)7-14-6-8/h5-7,10H,13H2,1-4H3. The van der Waals surface area contributed by atoms with E-state index >= 15 is 0 Å². The van der Waals surface area contributed by atoms with E-state index in [0.717, 1.165) is 5.56 Å². The molecular weight excluding hydrogens is 220 g/mol. The lowest BCUT2D eigenvalue weighted by atomic mass is 9.79. The van der Waals surface area contributed by atoms with Gasteiger partial charge in [-0.15, -0.1) is 0 Å². The second-order valence-corrected chi connectivity index (χ2v) is 4.34. The Hall–Kier alpha value is -1.62. The maximum absolute atomic E-state index is 11.5. The van der Waals surface area contributed by atoms with Crippen molar-refractivity contribution in [2.75, 3.05) is 14.2 Å². The highest BCUT2D eigenvalue weighted by atomic mass is 16.5. The molecule has 0 aliphatic rings. The van der Waals surface area contributed by atoms with Crippen LogP contribution in [0.25, 0.3) is 0 Å². The molecule has 5 heteroatoms. The molecule has 1 rings (SSSR count). The van der Waals surface area contributed by atoms with E-state index in [4.69, 9.17) is 10.5 Å². The number of carbonyl (C=O) groups excluding carboxylic acids is 1. The van der Waals surface area contributed by atoms with Gasteiger partial charge in [0.15, 0.2) is 0 Å². The first-order valence-corrected chi connectivity index (χ1v) is 5.26. The van der Waals surface area contributed by atoms with Crippen molar-refractivity contribution in [2.45, 2.75) is 25.3 Å². The molecule has 0 aromatic carbocycles. The molecule has 17 heavy (non-hydrogen) atoms. The van der Waals surface area contributed by atoms with Crippen LogP contribution in [0, 0.1) is 0 Å². The highest BCUT2D eigenvalue weighted by Gasteiger charge is 2.35. The number of ether oxygens (including phenoxy) is 2. The average Bonchev–Trinajstić information content (AvgIpc) is 2.36. The maximum atomic E-state index is 11.5. The number of nitrogens with zero attached hydrogens (tertiary/aromatic N) is 1. The van der Waals surface area contributed by atoms with Crippen LogP contribution in [0.5, 0.6) is 5.75 Å². The zero-order valence-corrected chi connectivity index (χ0v) is 10.6. The van der Waals surface area contributed by atoms with Crippen molar-refractivity contribution in [3.8, 4) is 5.75 Å². The summed E-state index contributed by atoms with van der Waals surface area (Å²) in [7, 11) is 2.89. The number of carbonyl (C=O) groups is 1. The topological polar surface area (TPSA) is 74.4 Å². The quantitative estimate of drug-likeness (QED) is 0.788. The van der Waals surface area contributed by atoms with E-state index < -0.39 is 17.4 Å². The Kier molecular flexibility index (Phi) is 4.07. The summed E-state index contributed by atoms with van der Waals surface area (Å²) >= 11 is 0. The van der Waals surface area contributed by atoms with Crippen molar-refractivity contribution in [2.24, 2.45) is 5.73 Å². The lowest BCUT2D eigenvalue weighted by Gasteiger charge is -2.29. The zero-order valence-electron chi connectivity index (χ0n) is 10.6. The number of aromatic nitrogens is 1. The third-order valence-electron chi connectivity index (χ3n) is 2.93. The second-order valence-electron chi connectivity index (χ2n) is 4.34. The summed E-state index contributed by atoms with van der Waals surface area (Å²) < 4.78 is 9.76. The Morgan fingerprint density at radius 3 is 2.59 bits per heavy atom. The first-order valence-electron chi connectivity index (χ1n) is 5.26.